The van der Waals surface area contributed by atoms with Gasteiger partial charge in [-0.15, -0.1) is 0 Å². The van der Waals surface area contributed by atoms with Gasteiger partial charge in [0, 0.05) is 10.9 Å². The molecule has 100 valence electrons. The molecule has 2 heterocycles. The van der Waals surface area contributed by atoms with E-state index in [1.807, 2.05) is 36.4 Å². The number of hydrogen-bond acceptors (Lipinski definition) is 3. The summed E-state index contributed by atoms with van der Waals surface area (Å²) in [4.78, 5) is 12.6. The number of carbonyl (C=O) groups excluding carboxylic acids is 1. The molecular formula is C16H11BrO3. The lowest BCUT2D eigenvalue weighted by atomic mass is 9.89. The number of carbonyl (C=O) groups is 1. The molecule has 1 saturated heterocycles. The van der Waals surface area contributed by atoms with Gasteiger partial charge in [-0.25, -0.2) is 0 Å². The summed E-state index contributed by atoms with van der Waals surface area (Å²) in [5, 5.41) is 0. The number of ketones is 1. The van der Waals surface area contributed by atoms with Gasteiger partial charge in [0.1, 0.15) is 5.75 Å². The zero-order valence-corrected chi connectivity index (χ0v) is 12.1. The van der Waals surface area contributed by atoms with Gasteiger partial charge < -0.3 is 9.47 Å². The maximum Gasteiger partial charge on any atom is 0.238 e. The lowest BCUT2D eigenvalue weighted by Gasteiger charge is -2.19. The summed E-state index contributed by atoms with van der Waals surface area (Å²) < 4.78 is 12.4. The highest BCUT2D eigenvalue weighted by Crippen LogP contribution is 2.48. The molecule has 2 aliphatic heterocycles. The van der Waals surface area contributed by atoms with Crippen LogP contribution in [0.3, 0.4) is 0 Å². The van der Waals surface area contributed by atoms with E-state index in [2.05, 4.69) is 15.9 Å². The molecule has 0 N–H and O–H groups in total. The first-order valence-electron chi connectivity index (χ1n) is 6.42. The highest BCUT2D eigenvalue weighted by Gasteiger charge is 2.67. The van der Waals surface area contributed by atoms with E-state index < -0.39 is 11.9 Å². The molecule has 0 unspecified atom stereocenters. The monoisotopic (exact) mass is 330 g/mol. The average Bonchev–Trinajstić information content (AvgIpc) is 3.16. The number of rotatable bonds is 2. The lowest BCUT2D eigenvalue weighted by Crippen LogP contribution is -2.35. The Morgan fingerprint density at radius 2 is 1.85 bits per heavy atom. The molecule has 2 aromatic rings. The van der Waals surface area contributed by atoms with Gasteiger partial charge in [0.25, 0.3) is 0 Å². The van der Waals surface area contributed by atoms with Crippen molar-refractivity contribution in [2.45, 2.75) is 18.3 Å². The van der Waals surface area contributed by atoms with Gasteiger partial charge in [-0.2, -0.15) is 0 Å². The summed E-state index contributed by atoms with van der Waals surface area (Å²) in [6.45, 7) is 0. The van der Waals surface area contributed by atoms with Crippen molar-refractivity contribution < 1.29 is 14.3 Å². The first kappa shape index (κ1) is 12.1. The van der Waals surface area contributed by atoms with Crippen molar-refractivity contribution in [2.24, 2.45) is 0 Å². The second-order valence-corrected chi connectivity index (χ2v) is 6.00. The second kappa shape index (κ2) is 4.17. The Morgan fingerprint density at radius 3 is 2.65 bits per heavy atom. The van der Waals surface area contributed by atoms with Gasteiger partial charge in [-0.05, 0) is 29.8 Å². The van der Waals surface area contributed by atoms with Crippen molar-refractivity contribution in [3.05, 3.63) is 64.1 Å². The Labute approximate surface area is 124 Å². The lowest BCUT2D eigenvalue weighted by molar-refractivity contribution is 0.0864. The fourth-order valence-electron chi connectivity index (χ4n) is 2.65. The fourth-order valence-corrected chi connectivity index (χ4v) is 2.91. The van der Waals surface area contributed by atoms with Crippen LogP contribution in [0, 0.1) is 0 Å². The first-order valence-corrected chi connectivity index (χ1v) is 7.21. The molecule has 0 aliphatic carbocycles. The minimum atomic E-state index is -0.831. The Kier molecular flexibility index (Phi) is 2.53. The van der Waals surface area contributed by atoms with Crippen LogP contribution in [0.5, 0.6) is 5.75 Å². The predicted octanol–water partition coefficient (Wildman–Crippen LogP) is 3.36. The summed E-state index contributed by atoms with van der Waals surface area (Å²) in [5.41, 5.74) is 0.840. The SMILES string of the molecule is O=C1c2ccccc2O[C@@H]2O[C@]12Cc1ccc(Br)cc1. The smallest absolute Gasteiger partial charge is 0.238 e. The van der Waals surface area contributed by atoms with E-state index in [0.717, 1.165) is 10.0 Å². The third kappa shape index (κ3) is 1.72. The van der Waals surface area contributed by atoms with Crippen molar-refractivity contribution in [1.29, 1.82) is 0 Å². The number of halogens is 1. The third-order valence-electron chi connectivity index (χ3n) is 3.77. The Morgan fingerprint density at radius 1 is 1.10 bits per heavy atom. The average molecular weight is 331 g/mol. The van der Waals surface area contributed by atoms with Crippen LogP contribution >= 0.6 is 15.9 Å². The van der Waals surface area contributed by atoms with Crippen molar-refractivity contribution >= 4 is 21.7 Å². The topological polar surface area (TPSA) is 38.8 Å². The van der Waals surface area contributed by atoms with E-state index in [0.29, 0.717) is 17.7 Å². The summed E-state index contributed by atoms with van der Waals surface area (Å²) in [7, 11) is 0. The molecule has 0 saturated carbocycles. The molecular weight excluding hydrogens is 320 g/mol. The van der Waals surface area contributed by atoms with Crippen molar-refractivity contribution in [1.82, 2.24) is 0 Å². The molecule has 4 rings (SSSR count). The van der Waals surface area contributed by atoms with Crippen LogP contribution in [0.2, 0.25) is 0 Å². The molecule has 0 radical (unpaired) electrons. The third-order valence-corrected chi connectivity index (χ3v) is 4.30. The number of hydrogen-bond donors (Lipinski definition) is 0. The number of epoxide rings is 1. The van der Waals surface area contributed by atoms with Gasteiger partial charge >= 0.3 is 0 Å². The van der Waals surface area contributed by atoms with E-state index in [1.54, 1.807) is 12.1 Å². The molecule has 2 aliphatic rings. The summed E-state index contributed by atoms with van der Waals surface area (Å²) in [6, 6.07) is 15.2. The molecule has 0 spiro atoms. The Balaban J connectivity index is 1.67. The van der Waals surface area contributed by atoms with Crippen molar-refractivity contribution in [3.8, 4) is 5.75 Å². The van der Waals surface area contributed by atoms with Crippen LogP contribution in [0.15, 0.2) is 53.0 Å². The van der Waals surface area contributed by atoms with Crippen LogP contribution in [-0.2, 0) is 11.2 Å². The number of fused-ring (bicyclic) bond motifs is 2. The van der Waals surface area contributed by atoms with E-state index in [-0.39, 0.29) is 5.78 Å². The highest BCUT2D eigenvalue weighted by atomic mass is 79.9. The largest absolute Gasteiger partial charge is 0.460 e. The van der Waals surface area contributed by atoms with Crippen molar-refractivity contribution in [3.63, 3.8) is 0 Å². The van der Waals surface area contributed by atoms with Gasteiger partial charge in [-0.1, -0.05) is 40.2 Å². The number of benzene rings is 2. The molecule has 3 nitrogen and oxygen atoms in total. The second-order valence-electron chi connectivity index (χ2n) is 5.09. The number of Topliss-reactive ketones (excluding diaryl/α,β-unsaturated/α-hetero) is 1. The number of ether oxygens (including phenoxy) is 2. The van der Waals surface area contributed by atoms with E-state index >= 15 is 0 Å². The van der Waals surface area contributed by atoms with Gasteiger partial charge in [0.05, 0.1) is 5.56 Å². The van der Waals surface area contributed by atoms with Crippen molar-refractivity contribution in [2.75, 3.05) is 0 Å². The highest BCUT2D eigenvalue weighted by molar-refractivity contribution is 9.10. The molecule has 1 fully saturated rings. The zero-order chi connectivity index (χ0) is 13.7. The van der Waals surface area contributed by atoms with E-state index in [1.165, 1.54) is 0 Å². The standard InChI is InChI=1S/C16H11BrO3/c17-11-7-5-10(6-8-11)9-16-14(18)12-3-1-2-4-13(12)19-15(16)20-16/h1-8,15H,9H2/t15-,16-/m1/s1. The molecule has 0 amide bonds. The normalized spacial score (nSPS) is 26.4. The quantitative estimate of drug-likeness (QED) is 0.792. The van der Waals surface area contributed by atoms with E-state index in [4.69, 9.17) is 9.47 Å². The van der Waals surface area contributed by atoms with Gasteiger partial charge in [0.15, 0.2) is 0 Å². The van der Waals surface area contributed by atoms with Gasteiger partial charge in [-0.3, -0.25) is 4.79 Å². The first-order chi connectivity index (χ1) is 9.69. The molecule has 20 heavy (non-hydrogen) atoms. The molecule has 2 atom stereocenters. The van der Waals surface area contributed by atoms with Crippen LogP contribution in [0.4, 0.5) is 0 Å². The summed E-state index contributed by atoms with van der Waals surface area (Å²) in [5.74, 6) is 0.638. The Bertz CT molecular complexity index is 695. The van der Waals surface area contributed by atoms with Gasteiger partial charge in [0.2, 0.25) is 17.7 Å². The fraction of sp³-hybridized carbons (Fsp3) is 0.188. The summed E-state index contributed by atoms with van der Waals surface area (Å²) in [6.07, 6.45) is 0.0894. The molecule has 2 aromatic carbocycles. The zero-order valence-electron chi connectivity index (χ0n) is 10.5. The summed E-state index contributed by atoms with van der Waals surface area (Å²) >= 11 is 3.40. The predicted molar refractivity (Wildman–Crippen MR) is 76.9 cm³/mol. The van der Waals surface area contributed by atoms with Crippen LogP contribution in [-0.4, -0.2) is 17.7 Å². The van der Waals surface area contributed by atoms with Crippen LogP contribution in [0.25, 0.3) is 0 Å². The maximum absolute atomic E-state index is 12.6. The molecule has 0 aromatic heterocycles. The molecule has 4 heteroatoms. The minimum absolute atomic E-state index is 0.0206. The minimum Gasteiger partial charge on any atom is -0.460 e. The maximum atomic E-state index is 12.6. The van der Waals surface area contributed by atoms with E-state index in [9.17, 15) is 4.79 Å². The van der Waals surface area contributed by atoms with Crippen LogP contribution in [0.1, 0.15) is 15.9 Å². The Hall–Kier alpha value is -1.65. The molecule has 0 bridgehead atoms. The number of para-hydroxylation sites is 1. The van der Waals surface area contributed by atoms with Crippen LogP contribution < -0.4 is 4.74 Å².